The lowest BCUT2D eigenvalue weighted by molar-refractivity contribution is 0.0734. The third-order valence-corrected chi connectivity index (χ3v) is 4.27. The Morgan fingerprint density at radius 3 is 2.44 bits per heavy atom. The van der Waals surface area contributed by atoms with Crippen molar-refractivity contribution >= 4 is 5.91 Å². The monoisotopic (exact) mass is 363 g/mol. The van der Waals surface area contributed by atoms with Crippen LogP contribution in [0.1, 0.15) is 35.7 Å². The van der Waals surface area contributed by atoms with Gasteiger partial charge >= 0.3 is 0 Å². The first kappa shape index (κ1) is 18.8. The normalized spacial score (nSPS) is 11.0. The van der Waals surface area contributed by atoms with Crippen LogP contribution in [-0.2, 0) is 6.42 Å². The van der Waals surface area contributed by atoms with Gasteiger partial charge in [-0.15, -0.1) is 0 Å². The Balaban J connectivity index is 1.68. The zero-order valence-electron chi connectivity index (χ0n) is 16.1. The first-order chi connectivity index (χ1) is 13.0. The zero-order valence-corrected chi connectivity index (χ0v) is 16.1. The Morgan fingerprint density at radius 2 is 1.78 bits per heavy atom. The lowest BCUT2D eigenvalue weighted by atomic mass is 10.1. The van der Waals surface area contributed by atoms with Crippen LogP contribution in [0.5, 0.6) is 0 Å². The van der Waals surface area contributed by atoms with E-state index in [0.29, 0.717) is 42.7 Å². The van der Waals surface area contributed by atoms with Gasteiger partial charge in [-0.05, 0) is 25.0 Å². The van der Waals surface area contributed by atoms with Crippen LogP contribution in [-0.4, -0.2) is 34.0 Å². The summed E-state index contributed by atoms with van der Waals surface area (Å²) in [5, 5.41) is 4.07. The smallest absolute Gasteiger partial charge is 0.253 e. The maximum Gasteiger partial charge on any atom is 0.253 e. The minimum absolute atomic E-state index is 0.0302. The van der Waals surface area contributed by atoms with E-state index in [1.807, 2.05) is 66.4 Å². The van der Waals surface area contributed by atoms with E-state index in [1.165, 1.54) is 5.56 Å². The summed E-state index contributed by atoms with van der Waals surface area (Å²) in [5.41, 5.74) is 2.81. The number of hydrogen-bond acceptors (Lipinski definition) is 4. The van der Waals surface area contributed by atoms with Gasteiger partial charge in [-0.1, -0.05) is 67.0 Å². The first-order valence-electron chi connectivity index (χ1n) is 9.27. The predicted octanol–water partition coefficient (Wildman–Crippen LogP) is 4.39. The molecule has 0 aliphatic carbocycles. The van der Waals surface area contributed by atoms with Gasteiger partial charge in [0.1, 0.15) is 0 Å². The Bertz CT molecular complexity index is 870. The second kappa shape index (κ2) is 8.62. The number of carbonyl (C=O) groups is 1. The van der Waals surface area contributed by atoms with Crippen molar-refractivity contribution in [2.75, 3.05) is 13.1 Å². The van der Waals surface area contributed by atoms with Crippen molar-refractivity contribution in [3.05, 3.63) is 71.6 Å². The van der Waals surface area contributed by atoms with Gasteiger partial charge in [0.05, 0.1) is 0 Å². The largest absolute Gasteiger partial charge is 0.339 e. The maximum atomic E-state index is 12.8. The number of rotatable bonds is 7. The maximum absolute atomic E-state index is 12.8. The fourth-order valence-corrected chi connectivity index (χ4v) is 2.89. The second-order valence-electron chi connectivity index (χ2n) is 7.14. The second-order valence-corrected chi connectivity index (χ2v) is 7.14. The van der Waals surface area contributed by atoms with E-state index in [-0.39, 0.29) is 5.91 Å². The van der Waals surface area contributed by atoms with Crippen LogP contribution >= 0.6 is 0 Å². The number of nitrogens with zero attached hydrogens (tertiary/aromatic N) is 3. The summed E-state index contributed by atoms with van der Waals surface area (Å²) < 4.78 is 5.39. The average molecular weight is 363 g/mol. The summed E-state index contributed by atoms with van der Waals surface area (Å²) in [5.74, 6) is 1.53. The van der Waals surface area contributed by atoms with Crippen molar-refractivity contribution in [1.29, 1.82) is 0 Å². The molecule has 0 saturated heterocycles. The van der Waals surface area contributed by atoms with Crippen molar-refractivity contribution in [2.24, 2.45) is 5.92 Å². The highest BCUT2D eigenvalue weighted by Crippen LogP contribution is 2.17. The Labute approximate surface area is 160 Å². The molecule has 0 saturated carbocycles. The van der Waals surface area contributed by atoms with Crippen LogP contribution in [0, 0.1) is 12.8 Å². The van der Waals surface area contributed by atoms with Gasteiger partial charge in [-0.3, -0.25) is 4.79 Å². The lowest BCUT2D eigenvalue weighted by Crippen LogP contribution is -2.36. The molecule has 0 unspecified atom stereocenters. The lowest BCUT2D eigenvalue weighted by Gasteiger charge is -2.24. The van der Waals surface area contributed by atoms with Crippen molar-refractivity contribution in [1.82, 2.24) is 15.0 Å². The van der Waals surface area contributed by atoms with Crippen molar-refractivity contribution in [2.45, 2.75) is 27.2 Å². The molecule has 1 heterocycles. The quantitative estimate of drug-likeness (QED) is 0.625. The Kier molecular flexibility index (Phi) is 6.01. The zero-order chi connectivity index (χ0) is 19.2. The average Bonchev–Trinajstić information content (AvgIpc) is 3.14. The fraction of sp³-hybridized carbons (Fsp3) is 0.318. The molecule has 5 heteroatoms. The van der Waals surface area contributed by atoms with Crippen LogP contribution in [0.15, 0.2) is 59.1 Å². The van der Waals surface area contributed by atoms with Gasteiger partial charge in [0, 0.05) is 30.6 Å². The summed E-state index contributed by atoms with van der Waals surface area (Å²) in [7, 11) is 0. The molecule has 0 fully saturated rings. The van der Waals surface area contributed by atoms with Crippen molar-refractivity contribution in [3.8, 4) is 11.4 Å². The van der Waals surface area contributed by atoms with Gasteiger partial charge in [-0.25, -0.2) is 0 Å². The van der Waals surface area contributed by atoms with E-state index >= 15 is 0 Å². The van der Waals surface area contributed by atoms with E-state index in [2.05, 4.69) is 24.0 Å². The van der Waals surface area contributed by atoms with E-state index < -0.39 is 0 Å². The van der Waals surface area contributed by atoms with Crippen molar-refractivity contribution < 1.29 is 9.32 Å². The minimum Gasteiger partial charge on any atom is -0.339 e. The van der Waals surface area contributed by atoms with Crippen LogP contribution in [0.3, 0.4) is 0 Å². The highest BCUT2D eigenvalue weighted by atomic mass is 16.5. The van der Waals surface area contributed by atoms with Crippen LogP contribution < -0.4 is 0 Å². The fourth-order valence-electron chi connectivity index (χ4n) is 2.89. The van der Waals surface area contributed by atoms with Crippen LogP contribution in [0.4, 0.5) is 0 Å². The first-order valence-corrected chi connectivity index (χ1v) is 9.27. The highest BCUT2D eigenvalue weighted by Gasteiger charge is 2.18. The number of hydrogen-bond donors (Lipinski definition) is 0. The van der Waals surface area contributed by atoms with Crippen LogP contribution in [0.25, 0.3) is 11.4 Å². The number of carbonyl (C=O) groups excluding carboxylic acids is 1. The molecule has 140 valence electrons. The number of amides is 1. The Morgan fingerprint density at radius 1 is 1.07 bits per heavy atom. The summed E-state index contributed by atoms with van der Waals surface area (Å²) in [4.78, 5) is 19.2. The number of aryl methyl sites for hydroxylation is 1. The summed E-state index contributed by atoms with van der Waals surface area (Å²) in [6.45, 7) is 7.48. The predicted molar refractivity (Wildman–Crippen MR) is 105 cm³/mol. The van der Waals surface area contributed by atoms with Gasteiger partial charge in [0.15, 0.2) is 0 Å². The van der Waals surface area contributed by atoms with Crippen molar-refractivity contribution in [3.63, 3.8) is 0 Å². The van der Waals surface area contributed by atoms with E-state index in [9.17, 15) is 4.79 Å². The van der Waals surface area contributed by atoms with Gasteiger partial charge in [0.2, 0.25) is 11.7 Å². The molecular formula is C22H25N3O2. The Hall–Kier alpha value is -2.95. The molecule has 0 bridgehead atoms. The minimum atomic E-state index is 0.0302. The van der Waals surface area contributed by atoms with Crippen LogP contribution in [0.2, 0.25) is 0 Å². The van der Waals surface area contributed by atoms with Gasteiger partial charge in [0.25, 0.3) is 5.91 Å². The van der Waals surface area contributed by atoms with Gasteiger partial charge in [-0.2, -0.15) is 4.98 Å². The molecule has 5 nitrogen and oxygen atoms in total. The molecule has 0 radical (unpaired) electrons. The molecule has 0 aliphatic heterocycles. The summed E-state index contributed by atoms with van der Waals surface area (Å²) in [6.07, 6.45) is 0.532. The topological polar surface area (TPSA) is 59.2 Å². The third-order valence-electron chi connectivity index (χ3n) is 4.27. The summed E-state index contributed by atoms with van der Waals surface area (Å²) in [6, 6.07) is 17.4. The molecule has 2 aromatic carbocycles. The molecule has 0 spiro atoms. The van der Waals surface area contributed by atoms with Gasteiger partial charge < -0.3 is 9.42 Å². The standard InChI is InChI=1S/C22H25N3O2/c1-16(2)15-25(22(26)19-7-5-4-6-8-19)14-13-20-23-21(24-27-20)18-11-9-17(3)10-12-18/h4-12,16H,13-15H2,1-3H3. The van der Waals surface area contributed by atoms with E-state index in [4.69, 9.17) is 4.52 Å². The van der Waals surface area contributed by atoms with E-state index in [1.54, 1.807) is 0 Å². The molecule has 0 N–H and O–H groups in total. The number of benzene rings is 2. The molecule has 3 aromatic rings. The number of aromatic nitrogens is 2. The third kappa shape index (κ3) is 5.03. The summed E-state index contributed by atoms with van der Waals surface area (Å²) >= 11 is 0. The molecular weight excluding hydrogens is 338 g/mol. The molecule has 3 rings (SSSR count). The molecule has 1 aromatic heterocycles. The molecule has 27 heavy (non-hydrogen) atoms. The molecule has 0 atom stereocenters. The van der Waals surface area contributed by atoms with E-state index in [0.717, 1.165) is 5.56 Å². The highest BCUT2D eigenvalue weighted by molar-refractivity contribution is 5.94. The SMILES string of the molecule is Cc1ccc(-c2noc(CCN(CC(C)C)C(=O)c3ccccc3)n2)cc1. The molecule has 1 amide bonds. The molecule has 0 aliphatic rings.